The van der Waals surface area contributed by atoms with Crippen molar-refractivity contribution in [2.75, 3.05) is 38.0 Å². The van der Waals surface area contributed by atoms with Gasteiger partial charge in [0.25, 0.3) is 5.91 Å². The van der Waals surface area contributed by atoms with E-state index in [1.807, 2.05) is 79.4 Å². The molecule has 0 aliphatic carbocycles. The molecule has 0 bridgehead atoms. The molecule has 0 spiro atoms. The van der Waals surface area contributed by atoms with Crippen molar-refractivity contribution in [1.82, 2.24) is 9.80 Å². The van der Waals surface area contributed by atoms with E-state index in [0.29, 0.717) is 43.9 Å². The number of rotatable bonds is 5. The molecular weight excluding hydrogens is 424 g/mol. The molecule has 1 aliphatic heterocycles. The third kappa shape index (κ3) is 5.00. The number of amides is 2. The van der Waals surface area contributed by atoms with Crippen molar-refractivity contribution in [1.29, 1.82) is 5.26 Å². The Labute approximate surface area is 200 Å². The lowest BCUT2D eigenvalue weighted by molar-refractivity contribution is -0.117. The van der Waals surface area contributed by atoms with Gasteiger partial charge >= 0.3 is 0 Å². The maximum Gasteiger partial charge on any atom is 0.254 e. The van der Waals surface area contributed by atoms with Gasteiger partial charge in [-0.15, -0.1) is 0 Å². The SMILES string of the molecule is Cc1cccc(C)c1NC(=O)CN1CCN(C(=O)c2ccccc2-c2ccccc2C#N)CC1. The molecule has 1 saturated heterocycles. The number of aryl methyl sites for hydroxylation is 2. The van der Waals surface area contributed by atoms with E-state index in [1.54, 1.807) is 6.07 Å². The summed E-state index contributed by atoms with van der Waals surface area (Å²) in [5, 5.41) is 12.5. The van der Waals surface area contributed by atoms with Gasteiger partial charge in [0.1, 0.15) is 0 Å². The molecule has 1 heterocycles. The number of carbonyl (C=O) groups excluding carboxylic acids is 2. The highest BCUT2D eigenvalue weighted by atomic mass is 16.2. The number of nitrogens with zero attached hydrogens (tertiary/aromatic N) is 3. The molecule has 1 fully saturated rings. The Kier molecular flexibility index (Phi) is 7.05. The number of anilines is 1. The second-order valence-corrected chi connectivity index (χ2v) is 8.59. The molecule has 0 saturated carbocycles. The van der Waals surface area contributed by atoms with Gasteiger partial charge in [0, 0.05) is 43.0 Å². The Bertz CT molecular complexity index is 1230. The summed E-state index contributed by atoms with van der Waals surface area (Å²) in [6.07, 6.45) is 0. The topological polar surface area (TPSA) is 76.4 Å². The number of carbonyl (C=O) groups is 2. The van der Waals surface area contributed by atoms with E-state index < -0.39 is 0 Å². The zero-order valence-corrected chi connectivity index (χ0v) is 19.5. The molecule has 0 atom stereocenters. The summed E-state index contributed by atoms with van der Waals surface area (Å²) in [4.78, 5) is 29.9. The molecule has 6 heteroatoms. The Morgan fingerprint density at radius 1 is 0.853 bits per heavy atom. The van der Waals surface area contributed by atoms with Crippen LogP contribution < -0.4 is 5.32 Å². The lowest BCUT2D eigenvalue weighted by Gasteiger charge is -2.34. The largest absolute Gasteiger partial charge is 0.336 e. The Morgan fingerprint density at radius 3 is 2.15 bits per heavy atom. The van der Waals surface area contributed by atoms with Gasteiger partial charge in [0.2, 0.25) is 5.91 Å². The van der Waals surface area contributed by atoms with Crippen LogP contribution in [0.3, 0.4) is 0 Å². The van der Waals surface area contributed by atoms with Gasteiger partial charge in [0.15, 0.2) is 0 Å². The van der Waals surface area contributed by atoms with Crippen molar-refractivity contribution in [3.63, 3.8) is 0 Å². The Morgan fingerprint density at radius 2 is 1.47 bits per heavy atom. The number of nitrogens with one attached hydrogen (secondary N) is 1. The van der Waals surface area contributed by atoms with Gasteiger partial charge in [-0.2, -0.15) is 5.26 Å². The summed E-state index contributed by atoms with van der Waals surface area (Å²) in [5.41, 5.74) is 5.61. The van der Waals surface area contributed by atoms with Gasteiger partial charge < -0.3 is 10.2 Å². The van der Waals surface area contributed by atoms with Crippen LogP contribution in [0.4, 0.5) is 5.69 Å². The molecule has 6 nitrogen and oxygen atoms in total. The second-order valence-electron chi connectivity index (χ2n) is 8.59. The summed E-state index contributed by atoms with van der Waals surface area (Å²) >= 11 is 0. The molecule has 34 heavy (non-hydrogen) atoms. The maximum absolute atomic E-state index is 13.4. The van der Waals surface area contributed by atoms with Crippen LogP contribution in [0.2, 0.25) is 0 Å². The first-order chi connectivity index (χ1) is 16.5. The number of hydrogen-bond acceptors (Lipinski definition) is 4. The van der Waals surface area contributed by atoms with Crippen LogP contribution in [-0.2, 0) is 4.79 Å². The maximum atomic E-state index is 13.4. The van der Waals surface area contributed by atoms with Crippen LogP contribution in [0.5, 0.6) is 0 Å². The van der Waals surface area contributed by atoms with E-state index in [-0.39, 0.29) is 11.8 Å². The van der Waals surface area contributed by atoms with Gasteiger partial charge in [0.05, 0.1) is 18.2 Å². The van der Waals surface area contributed by atoms with Gasteiger partial charge in [-0.3, -0.25) is 14.5 Å². The van der Waals surface area contributed by atoms with E-state index in [0.717, 1.165) is 27.9 Å². The average molecular weight is 453 g/mol. The summed E-state index contributed by atoms with van der Waals surface area (Å²) in [5.74, 6) is -0.0985. The predicted molar refractivity (Wildman–Crippen MR) is 133 cm³/mol. The van der Waals surface area contributed by atoms with Crippen LogP contribution in [0, 0.1) is 25.2 Å². The number of para-hydroxylation sites is 1. The minimum atomic E-state index is -0.0528. The zero-order chi connectivity index (χ0) is 24.1. The van der Waals surface area contributed by atoms with Gasteiger partial charge in [-0.05, 0) is 42.7 Å². The van der Waals surface area contributed by atoms with Crippen molar-refractivity contribution in [3.8, 4) is 17.2 Å². The Hall–Kier alpha value is -3.95. The molecule has 0 unspecified atom stereocenters. The number of nitriles is 1. The van der Waals surface area contributed by atoms with Crippen LogP contribution in [0.15, 0.2) is 66.7 Å². The van der Waals surface area contributed by atoms with Crippen molar-refractivity contribution in [2.45, 2.75) is 13.8 Å². The van der Waals surface area contributed by atoms with Crippen LogP contribution in [0.25, 0.3) is 11.1 Å². The van der Waals surface area contributed by atoms with Crippen molar-refractivity contribution in [3.05, 3.63) is 89.0 Å². The highest BCUT2D eigenvalue weighted by molar-refractivity contribution is 6.01. The predicted octanol–water partition coefficient (Wildman–Crippen LogP) is 4.24. The summed E-state index contributed by atoms with van der Waals surface area (Å²) < 4.78 is 0. The van der Waals surface area contributed by atoms with Crippen LogP contribution >= 0.6 is 0 Å². The monoisotopic (exact) mass is 452 g/mol. The molecule has 1 aliphatic rings. The average Bonchev–Trinajstić information content (AvgIpc) is 2.86. The normalized spacial score (nSPS) is 13.9. The third-order valence-electron chi connectivity index (χ3n) is 6.27. The van der Waals surface area contributed by atoms with Crippen LogP contribution in [0.1, 0.15) is 27.0 Å². The van der Waals surface area contributed by atoms with Crippen molar-refractivity contribution in [2.24, 2.45) is 0 Å². The molecule has 4 rings (SSSR count). The fraction of sp³-hybridized carbons (Fsp3) is 0.250. The number of piperazine rings is 1. The first kappa shape index (κ1) is 23.2. The standard InChI is InChI=1S/C28H28N4O2/c1-20-8-7-9-21(2)27(20)30-26(33)19-31-14-16-32(17-15-31)28(34)25-13-6-5-12-24(25)23-11-4-3-10-22(23)18-29/h3-13H,14-17,19H2,1-2H3,(H,30,33). The molecule has 3 aromatic carbocycles. The van der Waals surface area contributed by atoms with Crippen molar-refractivity contribution < 1.29 is 9.59 Å². The quantitative estimate of drug-likeness (QED) is 0.628. The fourth-order valence-corrected chi connectivity index (χ4v) is 4.39. The number of benzene rings is 3. The molecule has 1 N–H and O–H groups in total. The first-order valence-electron chi connectivity index (χ1n) is 11.4. The zero-order valence-electron chi connectivity index (χ0n) is 19.5. The number of hydrogen-bond donors (Lipinski definition) is 1. The van der Waals surface area contributed by atoms with Crippen molar-refractivity contribution >= 4 is 17.5 Å². The van der Waals surface area contributed by atoms with Gasteiger partial charge in [-0.25, -0.2) is 0 Å². The second kappa shape index (κ2) is 10.3. The summed E-state index contributed by atoms with van der Waals surface area (Å²) in [6, 6.07) is 22.9. The minimum absolute atomic E-state index is 0.0457. The van der Waals surface area contributed by atoms with E-state index in [1.165, 1.54) is 0 Å². The molecule has 0 radical (unpaired) electrons. The van der Waals surface area contributed by atoms with E-state index in [4.69, 9.17) is 0 Å². The van der Waals surface area contributed by atoms with E-state index in [2.05, 4.69) is 16.3 Å². The van der Waals surface area contributed by atoms with Crippen LogP contribution in [-0.4, -0.2) is 54.3 Å². The molecular formula is C28H28N4O2. The summed E-state index contributed by atoms with van der Waals surface area (Å²) in [6.45, 7) is 6.61. The smallest absolute Gasteiger partial charge is 0.254 e. The molecule has 3 aromatic rings. The lowest BCUT2D eigenvalue weighted by atomic mass is 9.95. The lowest BCUT2D eigenvalue weighted by Crippen LogP contribution is -2.50. The van der Waals surface area contributed by atoms with E-state index >= 15 is 0 Å². The third-order valence-corrected chi connectivity index (χ3v) is 6.27. The minimum Gasteiger partial charge on any atom is -0.336 e. The highest BCUT2D eigenvalue weighted by Crippen LogP contribution is 2.28. The van der Waals surface area contributed by atoms with Gasteiger partial charge in [-0.1, -0.05) is 54.6 Å². The summed E-state index contributed by atoms with van der Waals surface area (Å²) in [7, 11) is 0. The van der Waals surface area contributed by atoms with E-state index in [9.17, 15) is 14.9 Å². The molecule has 2 amide bonds. The molecule has 172 valence electrons. The first-order valence-corrected chi connectivity index (χ1v) is 11.4. The highest BCUT2D eigenvalue weighted by Gasteiger charge is 2.25. The fourth-order valence-electron chi connectivity index (χ4n) is 4.39. The Balaban J connectivity index is 1.40. The molecule has 0 aromatic heterocycles.